The van der Waals surface area contributed by atoms with Gasteiger partial charge in [-0.25, -0.2) is 17.9 Å². The number of hydrogen-bond acceptors (Lipinski definition) is 15. The number of aromatic nitrogens is 7. The Morgan fingerprint density at radius 1 is 0.837 bits per heavy atom. The molecule has 5 aromatic carbocycles. The van der Waals surface area contributed by atoms with E-state index in [1.54, 1.807) is 28.9 Å². The molecule has 0 spiro atoms. The van der Waals surface area contributed by atoms with E-state index in [0.29, 0.717) is 130 Å². The molecule has 0 bridgehead atoms. The van der Waals surface area contributed by atoms with Crippen molar-refractivity contribution in [3.63, 3.8) is 0 Å². The molecule has 4 aromatic heterocycles. The van der Waals surface area contributed by atoms with Crippen LogP contribution in [0.15, 0.2) is 114 Å². The van der Waals surface area contributed by atoms with Crippen molar-refractivity contribution in [2.45, 2.75) is 75.5 Å². The van der Waals surface area contributed by atoms with Crippen LogP contribution >= 0.6 is 11.6 Å². The summed E-state index contributed by atoms with van der Waals surface area (Å²) >= 11 is 6.74. The van der Waals surface area contributed by atoms with E-state index >= 15 is 0 Å². The van der Waals surface area contributed by atoms with Gasteiger partial charge in [0.25, 0.3) is 6.01 Å². The molecule has 0 radical (unpaired) electrons. The van der Waals surface area contributed by atoms with Crippen LogP contribution in [0.2, 0.25) is 5.02 Å². The van der Waals surface area contributed by atoms with Crippen LogP contribution in [-0.2, 0) is 61.8 Å². The topological polar surface area (TPSA) is 232 Å². The summed E-state index contributed by atoms with van der Waals surface area (Å²) in [5.74, 6) is 6.30. The van der Waals surface area contributed by atoms with Gasteiger partial charge >= 0.3 is 5.97 Å². The average Bonchev–Trinajstić information content (AvgIpc) is 2.90. The van der Waals surface area contributed by atoms with Gasteiger partial charge in [0, 0.05) is 84.5 Å². The summed E-state index contributed by atoms with van der Waals surface area (Å²) < 4.78 is 64.4. The molecule has 22 heteroatoms. The van der Waals surface area contributed by atoms with Crippen LogP contribution in [0.5, 0.6) is 17.5 Å². The van der Waals surface area contributed by atoms with E-state index in [-0.39, 0.29) is 16.5 Å². The highest BCUT2D eigenvalue weighted by atomic mass is 35.5. The second-order valence-electron chi connectivity index (χ2n) is 21.2. The van der Waals surface area contributed by atoms with Gasteiger partial charge in [-0.3, -0.25) is 0 Å². The molecular weight excluding hydrogens is 1140 g/mol. The molecule has 452 valence electrons. The molecule has 0 unspecified atom stereocenters. The summed E-state index contributed by atoms with van der Waals surface area (Å²) in [5, 5.41) is 32.2. The molecule has 9 aromatic rings. The third-order valence-corrected chi connectivity index (χ3v) is 16.7. The highest BCUT2D eigenvalue weighted by Crippen LogP contribution is 2.36. The molecular formula is C64H73ClN10O10S. The molecule has 4 heterocycles. The number of carboxylic acids is 1. The van der Waals surface area contributed by atoms with Crippen molar-refractivity contribution in [1.29, 1.82) is 0 Å². The Kier molecular flexibility index (Phi) is 20.6. The number of carboxylic acid groups (broad SMARTS) is 1. The standard InChI is InChI=1S/C64H73ClN10O10S/c1-5-75-49(8-7-24-67-57-21-20-51(86(4,78)79)39-62(57)80-3)37-54-56(9-6-10-61(54)75)68-47-17-15-46(16-18-47)66-25-28-81-30-32-83-34-35-84-33-31-82-29-27-74-42-48(71-72-74)14-11-43-12-19-50(38-53(43)63(76)77)85-64-69-58-40-52(55(65)41-59(58)70-64)44-13-22-60-45(36-44)23-26-73(60)2/h6,9-10,12-13,19-23,26,36-42,46-47,66-68H,5,11,14-18,24-25,27-35H2,1-4H3,(H,69,70)(H,76,77). The number of methoxy groups -OCH3 is 1. The Morgan fingerprint density at radius 3 is 2.36 bits per heavy atom. The molecule has 0 saturated heterocycles. The summed E-state index contributed by atoms with van der Waals surface area (Å²) in [6, 6.07) is 31.4. The molecule has 5 N–H and O–H groups in total. The van der Waals surface area contributed by atoms with E-state index < -0.39 is 15.8 Å². The zero-order valence-corrected chi connectivity index (χ0v) is 50.4. The van der Waals surface area contributed by atoms with E-state index in [9.17, 15) is 18.3 Å². The van der Waals surface area contributed by atoms with E-state index in [2.05, 4.69) is 107 Å². The van der Waals surface area contributed by atoms with Crippen LogP contribution in [-0.4, -0.2) is 145 Å². The number of sulfone groups is 1. The monoisotopic (exact) mass is 1210 g/mol. The lowest BCUT2D eigenvalue weighted by atomic mass is 9.91. The number of ether oxygens (including phenoxy) is 6. The van der Waals surface area contributed by atoms with Crippen molar-refractivity contribution in [2.75, 3.05) is 89.9 Å². The van der Waals surface area contributed by atoms with Gasteiger partial charge < -0.3 is 63.6 Å². The summed E-state index contributed by atoms with van der Waals surface area (Å²) in [5.41, 5.74) is 9.69. The lowest BCUT2D eigenvalue weighted by molar-refractivity contribution is -0.00262. The molecule has 1 aliphatic carbocycles. The predicted molar refractivity (Wildman–Crippen MR) is 334 cm³/mol. The van der Waals surface area contributed by atoms with E-state index in [1.165, 1.54) is 25.5 Å². The number of benzene rings is 5. The second kappa shape index (κ2) is 29.0. The van der Waals surface area contributed by atoms with Crippen LogP contribution < -0.4 is 25.4 Å². The number of aromatic amines is 1. The lowest BCUT2D eigenvalue weighted by Gasteiger charge is -2.30. The van der Waals surface area contributed by atoms with Crippen LogP contribution in [0.3, 0.4) is 0 Å². The Labute approximate surface area is 505 Å². The first-order valence-corrected chi connectivity index (χ1v) is 31.3. The van der Waals surface area contributed by atoms with Crippen molar-refractivity contribution in [3.05, 3.63) is 137 Å². The molecule has 1 saturated carbocycles. The number of halogens is 1. The van der Waals surface area contributed by atoms with Gasteiger partial charge in [0.2, 0.25) is 0 Å². The zero-order valence-electron chi connectivity index (χ0n) is 48.9. The van der Waals surface area contributed by atoms with Crippen molar-refractivity contribution in [3.8, 4) is 40.5 Å². The number of aryl methyl sites for hydroxylation is 4. The zero-order chi connectivity index (χ0) is 60.0. The van der Waals surface area contributed by atoms with Crippen molar-refractivity contribution in [1.82, 2.24) is 39.4 Å². The Hall–Kier alpha value is -7.94. The van der Waals surface area contributed by atoms with Gasteiger partial charge in [0.15, 0.2) is 9.84 Å². The molecule has 0 aliphatic heterocycles. The quantitative estimate of drug-likeness (QED) is 0.0208. The van der Waals surface area contributed by atoms with Crippen molar-refractivity contribution >= 4 is 71.6 Å². The van der Waals surface area contributed by atoms with Crippen molar-refractivity contribution < 1.29 is 46.7 Å². The third-order valence-electron chi connectivity index (χ3n) is 15.3. The Bertz CT molecular complexity index is 3970. The number of anilines is 2. The maximum absolute atomic E-state index is 12.4. The maximum Gasteiger partial charge on any atom is 0.336 e. The Balaban J connectivity index is 0.549. The van der Waals surface area contributed by atoms with Gasteiger partial charge in [-0.1, -0.05) is 40.9 Å². The highest BCUT2D eigenvalue weighted by molar-refractivity contribution is 7.90. The second-order valence-corrected chi connectivity index (χ2v) is 23.6. The maximum atomic E-state index is 12.4. The number of nitrogens with zero attached hydrogens (tertiary/aromatic N) is 6. The number of nitrogens with one attached hydrogen (secondary N) is 4. The SMILES string of the molecule is CCn1c(C#CCNc2ccc(S(C)(=O)=O)cc2OC)cc2c(NC3CCC(NCCOCCOCCOCCOCCn4cc(CCc5ccc(Oc6nc7cc(-c8ccc9c(ccn9C)c8)c(Cl)cc7[nH]6)cc5C(=O)O)nn4)CC3)cccc21. The molecule has 86 heavy (non-hydrogen) atoms. The summed E-state index contributed by atoms with van der Waals surface area (Å²) in [6.45, 7) is 8.44. The van der Waals surface area contributed by atoms with Gasteiger partial charge in [-0.15, -0.1) is 5.10 Å². The average molecular weight is 1210 g/mol. The summed E-state index contributed by atoms with van der Waals surface area (Å²) in [4.78, 5) is 20.4. The smallest absolute Gasteiger partial charge is 0.336 e. The molecule has 1 fully saturated rings. The minimum atomic E-state index is -3.35. The van der Waals surface area contributed by atoms with Crippen molar-refractivity contribution in [2.24, 2.45) is 7.05 Å². The molecule has 0 atom stereocenters. The number of fused-ring (bicyclic) bond motifs is 3. The minimum Gasteiger partial charge on any atom is -0.495 e. The largest absolute Gasteiger partial charge is 0.495 e. The fourth-order valence-electron chi connectivity index (χ4n) is 10.8. The molecule has 0 amide bonds. The molecule has 20 nitrogen and oxygen atoms in total. The van der Waals surface area contributed by atoms with Crippen LogP contribution in [0.4, 0.5) is 11.4 Å². The summed E-state index contributed by atoms with van der Waals surface area (Å²) in [7, 11) is 0.180. The normalized spacial score (nSPS) is 14.4. The van der Waals surface area contributed by atoms with Gasteiger partial charge in [-0.05, 0) is 135 Å². The van der Waals surface area contributed by atoms with Gasteiger partial charge in [0.1, 0.15) is 11.5 Å². The molecule has 10 rings (SSSR count). The van der Waals surface area contributed by atoms with E-state index in [4.69, 9.17) is 40.0 Å². The van der Waals surface area contributed by atoms with Crippen LogP contribution in [0.25, 0.3) is 44.0 Å². The van der Waals surface area contributed by atoms with E-state index in [0.717, 1.165) is 88.8 Å². The van der Waals surface area contributed by atoms with E-state index in [1.807, 2.05) is 37.6 Å². The number of rotatable bonds is 30. The Morgan fingerprint density at radius 2 is 1.60 bits per heavy atom. The fraction of sp³-hybridized carbons (Fsp3) is 0.375. The lowest BCUT2D eigenvalue weighted by Crippen LogP contribution is -2.38. The minimum absolute atomic E-state index is 0.132. The number of hydrogen-bond donors (Lipinski definition) is 5. The van der Waals surface area contributed by atoms with Gasteiger partial charge in [0.05, 0.1) is 122 Å². The van der Waals surface area contributed by atoms with Gasteiger partial charge in [-0.2, -0.15) is 4.98 Å². The first-order chi connectivity index (χ1) is 41.8. The molecule has 1 aliphatic rings. The fourth-order valence-corrected chi connectivity index (χ4v) is 11.7. The number of imidazole rings is 1. The predicted octanol–water partition coefficient (Wildman–Crippen LogP) is 10.2. The van der Waals surface area contributed by atoms with Crippen LogP contribution in [0, 0.1) is 11.8 Å². The number of carbonyl (C=O) groups is 1. The van der Waals surface area contributed by atoms with Crippen LogP contribution in [0.1, 0.15) is 59.9 Å². The number of H-pyrrole nitrogens is 1. The first kappa shape index (κ1) is 61.2. The highest BCUT2D eigenvalue weighted by Gasteiger charge is 2.23. The summed E-state index contributed by atoms with van der Waals surface area (Å²) in [6.07, 6.45) is 10.3. The first-order valence-electron chi connectivity index (χ1n) is 29.0. The third kappa shape index (κ3) is 15.7. The number of aromatic carboxylic acids is 1.